The summed E-state index contributed by atoms with van der Waals surface area (Å²) in [5.74, 6) is 0.281. The lowest BCUT2D eigenvalue weighted by molar-refractivity contribution is -0.127. The second-order valence-electron chi connectivity index (χ2n) is 5.75. The van der Waals surface area contributed by atoms with Crippen molar-refractivity contribution in [1.82, 2.24) is 5.32 Å². The van der Waals surface area contributed by atoms with Crippen LogP contribution in [0.3, 0.4) is 0 Å². The van der Waals surface area contributed by atoms with Crippen molar-refractivity contribution in [3.05, 3.63) is 65.0 Å². The summed E-state index contributed by atoms with van der Waals surface area (Å²) in [5, 5.41) is 2.84. The first kappa shape index (κ1) is 17.0. The minimum atomic E-state index is -0.565. The van der Waals surface area contributed by atoms with Crippen LogP contribution in [0.2, 0.25) is 0 Å². The summed E-state index contributed by atoms with van der Waals surface area (Å²) in [6.07, 6.45) is 0.0897. The van der Waals surface area contributed by atoms with Gasteiger partial charge in [0.05, 0.1) is 0 Å². The molecule has 1 atom stereocenters. The zero-order chi connectivity index (χ0) is 16.8. The van der Waals surface area contributed by atoms with Gasteiger partial charge in [-0.2, -0.15) is 0 Å². The smallest absolute Gasteiger partial charge is 0.260 e. The molecule has 1 N–H and O–H groups in total. The number of halogens is 1. The highest BCUT2D eigenvalue weighted by Gasteiger charge is 2.14. The first-order valence-electron chi connectivity index (χ1n) is 7.71. The van der Waals surface area contributed by atoms with Crippen LogP contribution in [0, 0.1) is 19.7 Å². The molecule has 2 rings (SSSR count). The first-order valence-corrected chi connectivity index (χ1v) is 7.71. The quantitative estimate of drug-likeness (QED) is 0.885. The number of benzene rings is 2. The maximum Gasteiger partial charge on any atom is 0.260 e. The number of rotatable bonds is 6. The average Bonchev–Trinajstić information content (AvgIpc) is 2.48. The van der Waals surface area contributed by atoms with Gasteiger partial charge in [0.25, 0.3) is 5.91 Å². The lowest BCUT2D eigenvalue weighted by Crippen LogP contribution is -2.37. The van der Waals surface area contributed by atoms with Crippen LogP contribution in [-0.2, 0) is 11.2 Å². The molecule has 0 radical (unpaired) electrons. The molecule has 0 aliphatic heterocycles. The Morgan fingerprint density at radius 2 is 1.74 bits per heavy atom. The molecule has 3 nitrogen and oxygen atoms in total. The van der Waals surface area contributed by atoms with Crippen LogP contribution in [0.25, 0.3) is 0 Å². The Morgan fingerprint density at radius 1 is 1.13 bits per heavy atom. The summed E-state index contributed by atoms with van der Waals surface area (Å²) in [6.45, 7) is 6.20. The van der Waals surface area contributed by atoms with Crippen LogP contribution in [0.15, 0.2) is 42.5 Å². The molecular formula is C19H22FNO2. The van der Waals surface area contributed by atoms with Crippen molar-refractivity contribution < 1.29 is 13.9 Å². The van der Waals surface area contributed by atoms with E-state index in [1.807, 2.05) is 26.0 Å². The molecule has 0 bridgehead atoms. The van der Waals surface area contributed by atoms with Crippen molar-refractivity contribution in [3.8, 4) is 5.75 Å². The topological polar surface area (TPSA) is 38.3 Å². The molecule has 2 aromatic carbocycles. The molecule has 0 aliphatic carbocycles. The van der Waals surface area contributed by atoms with E-state index in [1.54, 1.807) is 19.1 Å². The molecule has 0 fully saturated rings. The normalized spacial score (nSPS) is 11.8. The molecule has 0 aromatic heterocycles. The van der Waals surface area contributed by atoms with Gasteiger partial charge in [0.15, 0.2) is 6.10 Å². The standard InChI is InChI=1S/C19H22FNO2/c1-13-10-14(2)12-18(11-13)23-15(3)19(22)21-9-8-16-4-6-17(20)7-5-16/h4-7,10-12,15H,8-9H2,1-3H3,(H,21,22)/t15-/m1/s1. The Labute approximate surface area is 136 Å². The molecule has 0 heterocycles. The summed E-state index contributed by atoms with van der Waals surface area (Å²) in [4.78, 5) is 12.1. The minimum absolute atomic E-state index is 0.161. The van der Waals surface area contributed by atoms with Gasteiger partial charge in [-0.1, -0.05) is 18.2 Å². The van der Waals surface area contributed by atoms with Gasteiger partial charge < -0.3 is 10.1 Å². The fourth-order valence-electron chi connectivity index (χ4n) is 2.38. The maximum atomic E-state index is 12.8. The van der Waals surface area contributed by atoms with Crippen LogP contribution in [0.1, 0.15) is 23.6 Å². The monoisotopic (exact) mass is 315 g/mol. The van der Waals surface area contributed by atoms with Gasteiger partial charge in [-0.25, -0.2) is 4.39 Å². The molecule has 2 aromatic rings. The number of aryl methyl sites for hydroxylation is 2. The molecule has 1 amide bonds. The van der Waals surface area contributed by atoms with Crippen LogP contribution in [0.5, 0.6) is 5.75 Å². The van der Waals surface area contributed by atoms with E-state index in [0.29, 0.717) is 18.7 Å². The van der Waals surface area contributed by atoms with Gasteiger partial charge in [0.1, 0.15) is 11.6 Å². The van der Waals surface area contributed by atoms with E-state index in [2.05, 4.69) is 11.4 Å². The van der Waals surface area contributed by atoms with Crippen LogP contribution in [0.4, 0.5) is 4.39 Å². The summed E-state index contributed by atoms with van der Waals surface area (Å²) in [7, 11) is 0. The van der Waals surface area contributed by atoms with E-state index in [-0.39, 0.29) is 11.7 Å². The Balaban J connectivity index is 1.81. The van der Waals surface area contributed by atoms with Gasteiger partial charge in [0, 0.05) is 6.54 Å². The highest BCUT2D eigenvalue weighted by atomic mass is 19.1. The predicted octanol–water partition coefficient (Wildman–Crippen LogP) is 3.57. The SMILES string of the molecule is Cc1cc(C)cc(O[C@H](C)C(=O)NCCc2ccc(F)cc2)c1. The van der Waals surface area contributed by atoms with Gasteiger partial charge >= 0.3 is 0 Å². The molecule has 23 heavy (non-hydrogen) atoms. The number of amides is 1. The molecule has 4 heteroatoms. The molecule has 0 saturated heterocycles. The van der Waals surface area contributed by atoms with E-state index in [4.69, 9.17) is 4.74 Å². The zero-order valence-electron chi connectivity index (χ0n) is 13.7. The predicted molar refractivity (Wildman–Crippen MR) is 89.1 cm³/mol. The summed E-state index contributed by atoms with van der Waals surface area (Å²) in [5.41, 5.74) is 3.18. The van der Waals surface area contributed by atoms with Crippen molar-refractivity contribution >= 4 is 5.91 Å². The largest absolute Gasteiger partial charge is 0.481 e. The van der Waals surface area contributed by atoms with E-state index in [0.717, 1.165) is 16.7 Å². The number of carbonyl (C=O) groups excluding carboxylic acids is 1. The number of hydrogen-bond acceptors (Lipinski definition) is 2. The third-order valence-corrected chi connectivity index (χ3v) is 3.50. The third-order valence-electron chi connectivity index (χ3n) is 3.50. The Bertz CT molecular complexity index is 647. The third kappa shape index (κ3) is 5.40. The molecule has 0 saturated carbocycles. The van der Waals surface area contributed by atoms with Crippen molar-refractivity contribution in [2.24, 2.45) is 0 Å². The highest BCUT2D eigenvalue weighted by molar-refractivity contribution is 5.80. The Hall–Kier alpha value is -2.36. The fraction of sp³-hybridized carbons (Fsp3) is 0.316. The van der Waals surface area contributed by atoms with Gasteiger partial charge in [0.2, 0.25) is 0 Å². The van der Waals surface area contributed by atoms with E-state index in [1.165, 1.54) is 12.1 Å². The first-order chi connectivity index (χ1) is 10.9. The van der Waals surface area contributed by atoms with Gasteiger partial charge in [-0.15, -0.1) is 0 Å². The summed E-state index contributed by atoms with van der Waals surface area (Å²) in [6, 6.07) is 12.2. The molecule has 0 unspecified atom stereocenters. The van der Waals surface area contributed by atoms with Crippen LogP contribution < -0.4 is 10.1 Å². The van der Waals surface area contributed by atoms with Gasteiger partial charge in [-0.3, -0.25) is 4.79 Å². The molecular weight excluding hydrogens is 293 g/mol. The van der Waals surface area contributed by atoms with Gasteiger partial charge in [-0.05, 0) is 68.1 Å². The van der Waals surface area contributed by atoms with Crippen molar-refractivity contribution in [3.63, 3.8) is 0 Å². The fourth-order valence-corrected chi connectivity index (χ4v) is 2.38. The number of ether oxygens (including phenoxy) is 1. The highest BCUT2D eigenvalue weighted by Crippen LogP contribution is 2.17. The second-order valence-corrected chi connectivity index (χ2v) is 5.75. The number of hydrogen-bond donors (Lipinski definition) is 1. The van der Waals surface area contributed by atoms with Crippen molar-refractivity contribution in [1.29, 1.82) is 0 Å². The lowest BCUT2D eigenvalue weighted by atomic mass is 10.1. The minimum Gasteiger partial charge on any atom is -0.481 e. The summed E-state index contributed by atoms with van der Waals surface area (Å²) >= 11 is 0. The number of nitrogens with one attached hydrogen (secondary N) is 1. The summed E-state index contributed by atoms with van der Waals surface area (Å²) < 4.78 is 18.5. The number of carbonyl (C=O) groups is 1. The van der Waals surface area contributed by atoms with E-state index < -0.39 is 6.10 Å². The molecule has 0 spiro atoms. The molecule has 0 aliphatic rings. The Kier molecular flexibility index (Phi) is 5.74. The van der Waals surface area contributed by atoms with Crippen molar-refractivity contribution in [2.45, 2.75) is 33.3 Å². The van der Waals surface area contributed by atoms with Crippen LogP contribution in [-0.4, -0.2) is 18.6 Å². The molecule has 122 valence electrons. The van der Waals surface area contributed by atoms with Crippen molar-refractivity contribution in [2.75, 3.05) is 6.54 Å². The zero-order valence-corrected chi connectivity index (χ0v) is 13.7. The van der Waals surface area contributed by atoms with E-state index in [9.17, 15) is 9.18 Å². The average molecular weight is 315 g/mol. The second kappa shape index (κ2) is 7.77. The maximum absolute atomic E-state index is 12.8. The Morgan fingerprint density at radius 3 is 2.35 bits per heavy atom. The van der Waals surface area contributed by atoms with E-state index >= 15 is 0 Å². The van der Waals surface area contributed by atoms with Crippen LogP contribution >= 0.6 is 0 Å². The lowest BCUT2D eigenvalue weighted by Gasteiger charge is -2.15.